The van der Waals surface area contributed by atoms with Gasteiger partial charge < -0.3 is 4.74 Å². The van der Waals surface area contributed by atoms with Gasteiger partial charge in [-0.25, -0.2) is 0 Å². The fourth-order valence-electron chi connectivity index (χ4n) is 3.26. The largest absolute Gasteiger partial charge is 0.465 e. The zero-order valence-electron chi connectivity index (χ0n) is 13.1. The van der Waals surface area contributed by atoms with Crippen molar-refractivity contribution < 1.29 is 14.3 Å². The zero-order chi connectivity index (χ0) is 15.7. The summed E-state index contributed by atoms with van der Waals surface area (Å²) in [5, 5.41) is 0. The van der Waals surface area contributed by atoms with E-state index in [1.54, 1.807) is 13.0 Å². The number of carbonyl (C=O) groups is 2. The van der Waals surface area contributed by atoms with E-state index in [0.29, 0.717) is 13.0 Å². The Morgan fingerprint density at radius 2 is 1.86 bits per heavy atom. The van der Waals surface area contributed by atoms with E-state index in [-0.39, 0.29) is 11.8 Å². The smallest absolute Gasteiger partial charge is 0.316 e. The number of rotatable bonds is 3. The van der Waals surface area contributed by atoms with E-state index in [4.69, 9.17) is 4.74 Å². The van der Waals surface area contributed by atoms with Gasteiger partial charge in [0, 0.05) is 11.8 Å². The quantitative estimate of drug-likeness (QED) is 0.799. The Hall–Kier alpha value is -1.90. The molecule has 3 nitrogen and oxygen atoms in total. The number of allylic oxidation sites excluding steroid dienone is 1. The van der Waals surface area contributed by atoms with Crippen LogP contribution in [0.4, 0.5) is 0 Å². The second kappa shape index (κ2) is 5.47. The average molecular weight is 286 g/mol. The maximum absolute atomic E-state index is 12.7. The molecule has 0 N–H and O–H groups in total. The average Bonchev–Trinajstić information content (AvgIpc) is 2.45. The van der Waals surface area contributed by atoms with Crippen molar-refractivity contribution in [2.45, 2.75) is 39.5 Å². The molecule has 0 spiro atoms. The topological polar surface area (TPSA) is 43.4 Å². The van der Waals surface area contributed by atoms with Gasteiger partial charge in [-0.2, -0.15) is 0 Å². The van der Waals surface area contributed by atoms with Gasteiger partial charge in [0.25, 0.3) is 0 Å². The summed E-state index contributed by atoms with van der Waals surface area (Å²) in [4.78, 5) is 24.8. The highest BCUT2D eigenvalue weighted by molar-refractivity contribution is 5.97. The van der Waals surface area contributed by atoms with Crippen LogP contribution in [0.15, 0.2) is 42.0 Å². The van der Waals surface area contributed by atoms with Crippen molar-refractivity contribution in [1.82, 2.24) is 0 Å². The highest BCUT2D eigenvalue weighted by atomic mass is 16.5. The van der Waals surface area contributed by atoms with Gasteiger partial charge in [-0.3, -0.25) is 9.59 Å². The molecule has 1 aromatic carbocycles. The predicted octanol–water partition coefficient (Wildman–Crippen LogP) is 3.43. The normalized spacial score (nSPS) is 29.0. The number of carbonyl (C=O) groups excluding carboxylic acids is 2. The summed E-state index contributed by atoms with van der Waals surface area (Å²) in [5.74, 6) is -0.210. The number of hydrogen-bond acceptors (Lipinski definition) is 3. The molecule has 0 unspecified atom stereocenters. The van der Waals surface area contributed by atoms with E-state index in [9.17, 15) is 9.59 Å². The Morgan fingerprint density at radius 1 is 1.24 bits per heavy atom. The van der Waals surface area contributed by atoms with Crippen LogP contribution in [0.1, 0.15) is 39.7 Å². The third-order valence-electron chi connectivity index (χ3n) is 4.89. The van der Waals surface area contributed by atoms with Gasteiger partial charge in [0.05, 0.1) is 12.0 Å². The Morgan fingerprint density at radius 3 is 2.43 bits per heavy atom. The molecule has 0 heterocycles. The minimum atomic E-state index is -0.835. The maximum atomic E-state index is 12.7. The minimum absolute atomic E-state index is 0.0561. The second-order valence-electron chi connectivity index (χ2n) is 6.01. The van der Waals surface area contributed by atoms with Gasteiger partial charge >= 0.3 is 5.97 Å². The molecule has 21 heavy (non-hydrogen) atoms. The lowest BCUT2D eigenvalue weighted by atomic mass is 9.54. The molecule has 112 valence electrons. The first-order chi connectivity index (χ1) is 9.86. The van der Waals surface area contributed by atoms with Crippen LogP contribution in [-0.4, -0.2) is 18.4 Å². The van der Waals surface area contributed by atoms with Crippen LogP contribution in [0.2, 0.25) is 0 Å². The van der Waals surface area contributed by atoms with Crippen LogP contribution in [0, 0.1) is 5.41 Å². The van der Waals surface area contributed by atoms with Crippen molar-refractivity contribution in [3.63, 3.8) is 0 Å². The molecular formula is C18H22O3. The van der Waals surface area contributed by atoms with Crippen LogP contribution in [0.25, 0.3) is 0 Å². The third-order valence-corrected chi connectivity index (χ3v) is 4.89. The van der Waals surface area contributed by atoms with Gasteiger partial charge in [-0.15, -0.1) is 0 Å². The van der Waals surface area contributed by atoms with Crippen LogP contribution >= 0.6 is 0 Å². The Kier molecular flexibility index (Phi) is 4.04. The lowest BCUT2D eigenvalue weighted by molar-refractivity contribution is -0.157. The van der Waals surface area contributed by atoms with Gasteiger partial charge in [-0.1, -0.05) is 42.8 Å². The molecule has 1 aromatic rings. The lowest BCUT2D eigenvalue weighted by Gasteiger charge is -2.47. The van der Waals surface area contributed by atoms with E-state index in [0.717, 1.165) is 11.1 Å². The number of hydrogen-bond donors (Lipinski definition) is 0. The molecule has 0 bridgehead atoms. The molecule has 3 heteroatoms. The molecule has 0 saturated heterocycles. The highest BCUT2D eigenvalue weighted by Gasteiger charge is 2.56. The van der Waals surface area contributed by atoms with Crippen molar-refractivity contribution in [2.75, 3.05) is 6.61 Å². The van der Waals surface area contributed by atoms with Gasteiger partial charge in [0.2, 0.25) is 0 Å². The molecule has 0 saturated carbocycles. The summed E-state index contributed by atoms with van der Waals surface area (Å²) in [6, 6.07) is 9.75. The molecule has 0 amide bonds. The van der Waals surface area contributed by atoms with Crippen LogP contribution in [0.3, 0.4) is 0 Å². The predicted molar refractivity (Wildman–Crippen MR) is 81.9 cm³/mol. The van der Waals surface area contributed by atoms with Gasteiger partial charge in [-0.05, 0) is 32.4 Å². The van der Waals surface area contributed by atoms with Gasteiger partial charge in [0.15, 0.2) is 5.78 Å². The first-order valence-corrected chi connectivity index (χ1v) is 7.30. The summed E-state index contributed by atoms with van der Waals surface area (Å²) in [6.07, 6.45) is 1.89. The van der Waals surface area contributed by atoms with E-state index in [1.807, 2.05) is 51.1 Å². The van der Waals surface area contributed by atoms with E-state index in [1.165, 1.54) is 0 Å². The van der Waals surface area contributed by atoms with Crippen molar-refractivity contribution >= 4 is 11.8 Å². The number of ether oxygens (including phenoxy) is 1. The van der Waals surface area contributed by atoms with Crippen LogP contribution in [0.5, 0.6) is 0 Å². The molecule has 0 aliphatic heterocycles. The molecule has 0 radical (unpaired) electrons. The molecule has 0 aromatic heterocycles. The fraction of sp³-hybridized carbons (Fsp3) is 0.444. The molecule has 2 rings (SSSR count). The Labute approximate surface area is 126 Å². The molecule has 2 atom stereocenters. The molecular weight excluding hydrogens is 264 g/mol. The Bertz CT molecular complexity index is 588. The zero-order valence-corrected chi connectivity index (χ0v) is 13.1. The van der Waals surface area contributed by atoms with Crippen molar-refractivity contribution in [2.24, 2.45) is 5.41 Å². The standard InChI is InChI=1S/C18H22O3/c1-5-21-16(20)18(4)13(2)11-15(19)12-17(18,3)14-9-7-6-8-10-14/h6-11H,5,12H2,1-4H3/t17-,18+/m0/s1. The van der Waals surface area contributed by atoms with Crippen LogP contribution in [-0.2, 0) is 19.7 Å². The van der Waals surface area contributed by atoms with Crippen molar-refractivity contribution in [3.8, 4) is 0 Å². The summed E-state index contributed by atoms with van der Waals surface area (Å²) in [7, 11) is 0. The highest BCUT2D eigenvalue weighted by Crippen LogP contribution is 2.52. The van der Waals surface area contributed by atoms with E-state index < -0.39 is 10.8 Å². The van der Waals surface area contributed by atoms with E-state index >= 15 is 0 Å². The third kappa shape index (κ3) is 2.31. The summed E-state index contributed by atoms with van der Waals surface area (Å²) in [5.41, 5.74) is 0.319. The first-order valence-electron chi connectivity index (χ1n) is 7.30. The van der Waals surface area contributed by atoms with Crippen LogP contribution < -0.4 is 0 Å². The van der Waals surface area contributed by atoms with Crippen molar-refractivity contribution in [1.29, 1.82) is 0 Å². The molecule has 1 aliphatic carbocycles. The number of esters is 1. The molecule has 0 fully saturated rings. The first kappa shape index (κ1) is 15.5. The fourth-order valence-corrected chi connectivity index (χ4v) is 3.26. The molecule has 1 aliphatic rings. The maximum Gasteiger partial charge on any atom is 0.316 e. The minimum Gasteiger partial charge on any atom is -0.465 e. The lowest BCUT2D eigenvalue weighted by Crippen LogP contribution is -2.52. The summed E-state index contributed by atoms with van der Waals surface area (Å²) < 4.78 is 5.32. The monoisotopic (exact) mass is 286 g/mol. The summed E-state index contributed by atoms with van der Waals surface area (Å²) in [6.45, 7) is 7.84. The Balaban J connectivity index is 2.63. The summed E-state index contributed by atoms with van der Waals surface area (Å²) >= 11 is 0. The number of benzene rings is 1. The van der Waals surface area contributed by atoms with E-state index in [2.05, 4.69) is 0 Å². The number of ketones is 1. The SMILES string of the molecule is CCOC(=O)[C@@]1(C)C(C)=CC(=O)C[C@@]1(C)c1ccccc1. The van der Waals surface area contributed by atoms with Gasteiger partial charge in [0.1, 0.15) is 0 Å². The second-order valence-corrected chi connectivity index (χ2v) is 6.01. The van der Waals surface area contributed by atoms with Crippen molar-refractivity contribution in [3.05, 3.63) is 47.5 Å².